The van der Waals surface area contributed by atoms with Crippen LogP contribution in [0.4, 0.5) is 0 Å². The van der Waals surface area contributed by atoms with E-state index in [9.17, 15) is 4.79 Å². The van der Waals surface area contributed by atoms with E-state index in [1.54, 1.807) is 0 Å². The fourth-order valence-electron chi connectivity index (χ4n) is 3.90. The van der Waals surface area contributed by atoms with Gasteiger partial charge < -0.3 is 9.47 Å². The summed E-state index contributed by atoms with van der Waals surface area (Å²) in [6.45, 7) is 0.614. The first-order chi connectivity index (χ1) is 7.26. The van der Waals surface area contributed by atoms with Crippen LogP contribution in [-0.4, -0.2) is 35.2 Å². The van der Waals surface area contributed by atoms with E-state index in [1.807, 2.05) is 0 Å². The van der Waals surface area contributed by atoms with Gasteiger partial charge in [-0.25, -0.2) is 0 Å². The minimum Gasteiger partial charge on any atom is -0.465 e. The molecule has 4 atom stereocenters. The summed E-state index contributed by atoms with van der Waals surface area (Å²) >= 11 is 0. The highest BCUT2D eigenvalue weighted by atomic mass is 28.1. The van der Waals surface area contributed by atoms with Gasteiger partial charge in [-0.3, -0.25) is 4.79 Å². The Balaban J connectivity index is 1.85. The Labute approximate surface area is 92.9 Å². The molecule has 4 heteroatoms. The number of rotatable bonds is 2. The fourth-order valence-corrected chi connectivity index (χ4v) is 4.11. The number of cyclic esters (lactones) is 1. The highest BCUT2D eigenvalue weighted by Gasteiger charge is 2.62. The second kappa shape index (κ2) is 3.32. The number of fused-ring (bicyclic) bond motifs is 3. The molecule has 3 nitrogen and oxygen atoms in total. The molecule has 2 bridgehead atoms. The van der Waals surface area contributed by atoms with Crippen molar-refractivity contribution in [3.8, 4) is 0 Å². The predicted molar refractivity (Wildman–Crippen MR) is 54.3 cm³/mol. The molecule has 4 unspecified atom stereocenters. The van der Waals surface area contributed by atoms with Gasteiger partial charge in [-0.2, -0.15) is 0 Å². The summed E-state index contributed by atoms with van der Waals surface area (Å²) in [5.41, 5.74) is -0.172. The molecule has 2 saturated carbocycles. The van der Waals surface area contributed by atoms with Crippen LogP contribution in [0.1, 0.15) is 25.7 Å². The number of carbonyl (C=O) groups excluding carboxylic acids is 1. The summed E-state index contributed by atoms with van der Waals surface area (Å²) < 4.78 is 10.8. The smallest absolute Gasteiger partial charge is 0.312 e. The molecule has 0 aromatic rings. The topological polar surface area (TPSA) is 35.5 Å². The van der Waals surface area contributed by atoms with Gasteiger partial charge in [-0.05, 0) is 31.6 Å². The third kappa shape index (κ3) is 1.24. The maximum absolute atomic E-state index is 11.8. The minimum absolute atomic E-state index is 0.0391. The highest BCUT2D eigenvalue weighted by Crippen LogP contribution is 2.60. The van der Waals surface area contributed by atoms with E-state index in [0.717, 1.165) is 25.7 Å². The van der Waals surface area contributed by atoms with E-state index < -0.39 is 0 Å². The zero-order valence-corrected chi connectivity index (χ0v) is 9.70. The Morgan fingerprint density at radius 2 is 2.40 bits per heavy atom. The van der Waals surface area contributed by atoms with Crippen LogP contribution >= 0.6 is 0 Å². The lowest BCUT2D eigenvalue weighted by molar-refractivity contribution is -0.151. The van der Waals surface area contributed by atoms with E-state index in [1.165, 1.54) is 0 Å². The number of carbonyl (C=O) groups is 1. The molecular weight excluding hydrogens is 208 g/mol. The second-order valence-electron chi connectivity index (χ2n) is 5.04. The van der Waals surface area contributed by atoms with Crippen LogP contribution in [-0.2, 0) is 14.3 Å². The first-order valence-corrected chi connectivity index (χ1v) is 6.40. The second-order valence-corrected chi connectivity index (χ2v) is 5.33. The first-order valence-electron chi connectivity index (χ1n) is 5.70. The number of hydrogen-bond donors (Lipinski definition) is 0. The first kappa shape index (κ1) is 9.84. The summed E-state index contributed by atoms with van der Waals surface area (Å²) in [4.78, 5) is 11.8. The van der Waals surface area contributed by atoms with Crippen LogP contribution in [0.3, 0.4) is 0 Å². The summed E-state index contributed by atoms with van der Waals surface area (Å²) in [6.07, 6.45) is 5.08. The van der Waals surface area contributed by atoms with Crippen LogP contribution in [0.5, 0.6) is 0 Å². The van der Waals surface area contributed by atoms with Crippen molar-refractivity contribution < 1.29 is 14.3 Å². The summed E-state index contributed by atoms with van der Waals surface area (Å²) in [5.74, 6) is 1.13. The van der Waals surface area contributed by atoms with E-state index in [4.69, 9.17) is 9.47 Å². The quantitative estimate of drug-likeness (QED) is 0.514. The van der Waals surface area contributed by atoms with Gasteiger partial charge >= 0.3 is 5.97 Å². The molecule has 0 aromatic heterocycles. The lowest BCUT2D eigenvalue weighted by atomic mass is 9.71. The van der Waals surface area contributed by atoms with Crippen molar-refractivity contribution in [3.63, 3.8) is 0 Å². The number of esters is 1. The van der Waals surface area contributed by atoms with Gasteiger partial charge in [0.15, 0.2) is 0 Å². The Hall–Kier alpha value is -0.353. The average Bonchev–Trinajstić information content (AvgIpc) is 2.84. The zero-order valence-electron chi connectivity index (χ0n) is 8.70. The molecular formula is C11H15O3Si. The van der Waals surface area contributed by atoms with Gasteiger partial charge in [-0.15, -0.1) is 0 Å². The molecule has 1 spiro atoms. The van der Waals surface area contributed by atoms with Crippen molar-refractivity contribution >= 4 is 16.2 Å². The van der Waals surface area contributed by atoms with Gasteiger partial charge in [0, 0.05) is 12.1 Å². The predicted octanol–water partition coefficient (Wildman–Crippen LogP) is 0.861. The van der Waals surface area contributed by atoms with Gasteiger partial charge in [0.05, 0.1) is 28.4 Å². The SMILES string of the molecule is O=C1OCCC12CC1CC(OC[Si])C2C1. The van der Waals surface area contributed by atoms with Gasteiger partial charge in [0.1, 0.15) is 0 Å². The van der Waals surface area contributed by atoms with E-state index >= 15 is 0 Å². The average molecular weight is 223 g/mol. The maximum atomic E-state index is 11.8. The van der Waals surface area contributed by atoms with Gasteiger partial charge in [0.25, 0.3) is 0 Å². The van der Waals surface area contributed by atoms with E-state index in [2.05, 4.69) is 10.2 Å². The van der Waals surface area contributed by atoms with Crippen LogP contribution in [0.25, 0.3) is 0 Å². The van der Waals surface area contributed by atoms with Crippen molar-refractivity contribution in [1.82, 2.24) is 0 Å². The van der Waals surface area contributed by atoms with Gasteiger partial charge in [-0.1, -0.05) is 0 Å². The molecule has 3 radical (unpaired) electrons. The summed E-state index contributed by atoms with van der Waals surface area (Å²) in [7, 11) is 3.35. The highest BCUT2D eigenvalue weighted by molar-refractivity contribution is 6.08. The van der Waals surface area contributed by atoms with Crippen molar-refractivity contribution in [2.24, 2.45) is 17.3 Å². The van der Waals surface area contributed by atoms with Crippen molar-refractivity contribution in [2.45, 2.75) is 31.8 Å². The van der Waals surface area contributed by atoms with Crippen molar-refractivity contribution in [2.75, 3.05) is 12.8 Å². The molecule has 81 valence electrons. The van der Waals surface area contributed by atoms with Crippen LogP contribution in [0.2, 0.25) is 0 Å². The molecule has 0 aromatic carbocycles. The Morgan fingerprint density at radius 1 is 1.53 bits per heavy atom. The van der Waals surface area contributed by atoms with Crippen LogP contribution in [0, 0.1) is 17.3 Å². The van der Waals surface area contributed by atoms with Crippen molar-refractivity contribution in [1.29, 1.82) is 0 Å². The third-order valence-electron chi connectivity index (χ3n) is 4.45. The standard InChI is InChI=1S/C11H15O3Si/c12-10-11(1-2-13-10)5-7-3-8(11)9(4-7)14-6-15/h7-9H,1-6H2. The molecule has 0 amide bonds. The molecule has 0 N–H and O–H groups in total. The largest absolute Gasteiger partial charge is 0.465 e. The van der Waals surface area contributed by atoms with Crippen LogP contribution in [0.15, 0.2) is 0 Å². The zero-order chi connectivity index (χ0) is 10.5. The normalized spacial score (nSPS) is 47.8. The third-order valence-corrected chi connectivity index (χ3v) is 4.62. The minimum atomic E-state index is -0.172. The Morgan fingerprint density at radius 3 is 3.00 bits per heavy atom. The number of ether oxygens (including phenoxy) is 2. The molecule has 3 fully saturated rings. The molecule has 2 aliphatic carbocycles. The molecule has 3 rings (SSSR count). The lowest BCUT2D eigenvalue weighted by Gasteiger charge is -2.34. The van der Waals surface area contributed by atoms with E-state index in [-0.39, 0.29) is 17.5 Å². The lowest BCUT2D eigenvalue weighted by Crippen LogP contribution is -2.40. The Kier molecular flexibility index (Phi) is 2.18. The summed E-state index contributed by atoms with van der Waals surface area (Å²) in [5, 5.41) is 0. The monoisotopic (exact) mass is 223 g/mol. The molecule has 1 saturated heterocycles. The van der Waals surface area contributed by atoms with Gasteiger partial charge in [0.2, 0.25) is 0 Å². The summed E-state index contributed by atoms with van der Waals surface area (Å²) in [6, 6.07) is 0. The molecule has 1 heterocycles. The van der Waals surface area contributed by atoms with Crippen LogP contribution < -0.4 is 0 Å². The fraction of sp³-hybridized carbons (Fsp3) is 0.909. The van der Waals surface area contributed by atoms with E-state index in [0.29, 0.717) is 24.7 Å². The maximum Gasteiger partial charge on any atom is 0.312 e. The molecule has 3 aliphatic rings. The number of hydrogen-bond acceptors (Lipinski definition) is 3. The molecule has 1 aliphatic heterocycles. The van der Waals surface area contributed by atoms with Crippen molar-refractivity contribution in [3.05, 3.63) is 0 Å². The Bertz CT molecular complexity index is 294. The molecule has 15 heavy (non-hydrogen) atoms.